The molecular formula is C22H18O5. The van der Waals surface area contributed by atoms with Crippen LogP contribution < -0.4 is 9.47 Å². The second-order valence-electron chi connectivity index (χ2n) is 5.71. The minimum atomic E-state index is -0.506. The number of hydrogen-bond donors (Lipinski definition) is 0. The Hall–Kier alpha value is -3.60. The highest BCUT2D eigenvalue weighted by Crippen LogP contribution is 2.18. The van der Waals surface area contributed by atoms with Crippen LogP contribution in [-0.2, 0) is 11.3 Å². The van der Waals surface area contributed by atoms with Crippen LogP contribution >= 0.6 is 0 Å². The van der Waals surface area contributed by atoms with Gasteiger partial charge in [0.15, 0.2) is 0 Å². The van der Waals surface area contributed by atoms with E-state index in [1.165, 1.54) is 7.11 Å². The molecule has 3 aromatic rings. The fourth-order valence-corrected chi connectivity index (χ4v) is 2.38. The lowest BCUT2D eigenvalue weighted by molar-refractivity contribution is 0.0472. The van der Waals surface area contributed by atoms with Gasteiger partial charge in [-0.25, -0.2) is 9.59 Å². The molecule has 0 spiro atoms. The van der Waals surface area contributed by atoms with Gasteiger partial charge in [-0.05, 0) is 48.0 Å². The van der Waals surface area contributed by atoms with Crippen molar-refractivity contribution in [3.63, 3.8) is 0 Å². The van der Waals surface area contributed by atoms with E-state index in [0.29, 0.717) is 22.6 Å². The standard InChI is InChI=1S/C22H18O5/c1-25-20-9-5-8-18(14-20)22(24)27-19-12-10-17(11-13-19)21(23)26-15-16-6-3-2-4-7-16/h2-14H,15H2,1H3. The monoisotopic (exact) mass is 362 g/mol. The summed E-state index contributed by atoms with van der Waals surface area (Å²) in [7, 11) is 1.53. The minimum absolute atomic E-state index is 0.201. The van der Waals surface area contributed by atoms with E-state index in [2.05, 4.69) is 0 Å². The second kappa shape index (κ2) is 8.67. The van der Waals surface area contributed by atoms with Gasteiger partial charge in [0.25, 0.3) is 0 Å². The molecule has 0 saturated heterocycles. The summed E-state index contributed by atoms with van der Waals surface area (Å²) in [5, 5.41) is 0. The first-order valence-electron chi connectivity index (χ1n) is 8.33. The van der Waals surface area contributed by atoms with E-state index < -0.39 is 11.9 Å². The fourth-order valence-electron chi connectivity index (χ4n) is 2.38. The van der Waals surface area contributed by atoms with Crippen molar-refractivity contribution in [2.75, 3.05) is 7.11 Å². The van der Waals surface area contributed by atoms with Gasteiger partial charge in [0.05, 0.1) is 18.2 Å². The van der Waals surface area contributed by atoms with E-state index >= 15 is 0 Å². The quantitative estimate of drug-likeness (QED) is 0.484. The summed E-state index contributed by atoms with van der Waals surface area (Å²) in [5.74, 6) is -0.0405. The normalized spacial score (nSPS) is 10.1. The summed E-state index contributed by atoms with van der Waals surface area (Å²) < 4.78 is 15.7. The van der Waals surface area contributed by atoms with Crippen molar-refractivity contribution in [2.45, 2.75) is 6.61 Å². The first kappa shape index (κ1) is 18.2. The zero-order valence-electron chi connectivity index (χ0n) is 14.8. The Labute approximate surface area is 157 Å². The Morgan fingerprint density at radius 1 is 0.741 bits per heavy atom. The molecule has 136 valence electrons. The maximum Gasteiger partial charge on any atom is 0.343 e. The number of carbonyl (C=O) groups is 2. The molecule has 0 atom stereocenters. The fraction of sp³-hybridized carbons (Fsp3) is 0.0909. The van der Waals surface area contributed by atoms with Crippen molar-refractivity contribution in [1.82, 2.24) is 0 Å². The molecule has 5 heteroatoms. The van der Waals surface area contributed by atoms with Gasteiger partial charge in [0.1, 0.15) is 18.1 Å². The zero-order chi connectivity index (χ0) is 19.1. The van der Waals surface area contributed by atoms with Gasteiger partial charge in [-0.2, -0.15) is 0 Å². The van der Waals surface area contributed by atoms with Crippen molar-refractivity contribution in [2.24, 2.45) is 0 Å². The topological polar surface area (TPSA) is 61.8 Å². The molecule has 0 amide bonds. The molecule has 0 bridgehead atoms. The van der Waals surface area contributed by atoms with E-state index in [9.17, 15) is 9.59 Å². The number of ether oxygens (including phenoxy) is 3. The first-order chi connectivity index (χ1) is 13.2. The molecule has 0 aliphatic heterocycles. The third kappa shape index (κ3) is 4.95. The maximum absolute atomic E-state index is 12.2. The van der Waals surface area contributed by atoms with Crippen LogP contribution in [0.2, 0.25) is 0 Å². The molecule has 0 aromatic heterocycles. The molecule has 0 saturated carbocycles. The number of esters is 2. The van der Waals surface area contributed by atoms with Crippen LogP contribution in [0.25, 0.3) is 0 Å². The molecular weight excluding hydrogens is 344 g/mol. The van der Waals surface area contributed by atoms with Crippen LogP contribution in [-0.4, -0.2) is 19.0 Å². The Morgan fingerprint density at radius 3 is 2.19 bits per heavy atom. The smallest absolute Gasteiger partial charge is 0.343 e. The average Bonchev–Trinajstić information content (AvgIpc) is 2.73. The molecule has 0 N–H and O–H groups in total. The van der Waals surface area contributed by atoms with Crippen molar-refractivity contribution in [3.8, 4) is 11.5 Å². The molecule has 27 heavy (non-hydrogen) atoms. The predicted molar refractivity (Wildman–Crippen MR) is 100.0 cm³/mol. The summed E-state index contributed by atoms with van der Waals surface area (Å²) in [4.78, 5) is 24.3. The van der Waals surface area contributed by atoms with Crippen LogP contribution in [0.3, 0.4) is 0 Å². The van der Waals surface area contributed by atoms with Crippen molar-refractivity contribution < 1.29 is 23.8 Å². The Kier molecular flexibility index (Phi) is 5.84. The van der Waals surface area contributed by atoms with Gasteiger partial charge in [-0.15, -0.1) is 0 Å². The lowest BCUT2D eigenvalue weighted by Gasteiger charge is -2.07. The van der Waals surface area contributed by atoms with E-state index in [1.807, 2.05) is 30.3 Å². The number of carbonyl (C=O) groups excluding carboxylic acids is 2. The lowest BCUT2D eigenvalue weighted by Crippen LogP contribution is -2.09. The highest BCUT2D eigenvalue weighted by atomic mass is 16.5. The van der Waals surface area contributed by atoms with E-state index in [1.54, 1.807) is 48.5 Å². The van der Waals surface area contributed by atoms with E-state index in [-0.39, 0.29) is 6.61 Å². The Morgan fingerprint density at radius 2 is 1.48 bits per heavy atom. The summed E-state index contributed by atoms with van der Waals surface area (Å²) in [5.41, 5.74) is 1.67. The summed E-state index contributed by atoms with van der Waals surface area (Å²) >= 11 is 0. The SMILES string of the molecule is COc1cccc(C(=O)Oc2ccc(C(=O)OCc3ccccc3)cc2)c1. The largest absolute Gasteiger partial charge is 0.497 e. The van der Waals surface area contributed by atoms with Gasteiger partial charge < -0.3 is 14.2 Å². The van der Waals surface area contributed by atoms with Crippen molar-refractivity contribution >= 4 is 11.9 Å². The Balaban J connectivity index is 1.59. The van der Waals surface area contributed by atoms with Crippen molar-refractivity contribution in [1.29, 1.82) is 0 Å². The molecule has 0 aliphatic rings. The summed E-state index contributed by atoms with van der Waals surface area (Å²) in [6.07, 6.45) is 0. The third-order valence-electron chi connectivity index (χ3n) is 3.82. The van der Waals surface area contributed by atoms with Crippen LogP contribution in [0.1, 0.15) is 26.3 Å². The van der Waals surface area contributed by atoms with Gasteiger partial charge in [0, 0.05) is 0 Å². The highest BCUT2D eigenvalue weighted by Gasteiger charge is 2.11. The maximum atomic E-state index is 12.2. The number of methoxy groups -OCH3 is 1. The van der Waals surface area contributed by atoms with Gasteiger partial charge in [-0.3, -0.25) is 0 Å². The molecule has 0 fully saturated rings. The summed E-state index contributed by atoms with van der Waals surface area (Å²) in [6, 6.07) is 22.3. The van der Waals surface area contributed by atoms with E-state index in [0.717, 1.165) is 5.56 Å². The van der Waals surface area contributed by atoms with Gasteiger partial charge in [-0.1, -0.05) is 36.4 Å². The molecule has 3 rings (SSSR count). The van der Waals surface area contributed by atoms with Gasteiger partial charge >= 0.3 is 11.9 Å². The third-order valence-corrected chi connectivity index (χ3v) is 3.82. The molecule has 0 aliphatic carbocycles. The van der Waals surface area contributed by atoms with Crippen LogP contribution in [0.4, 0.5) is 0 Å². The summed E-state index contributed by atoms with van der Waals surface area (Å²) in [6.45, 7) is 0.201. The highest BCUT2D eigenvalue weighted by molar-refractivity contribution is 5.92. The van der Waals surface area contributed by atoms with Crippen LogP contribution in [0.5, 0.6) is 11.5 Å². The number of benzene rings is 3. The second-order valence-corrected chi connectivity index (χ2v) is 5.71. The number of hydrogen-bond acceptors (Lipinski definition) is 5. The molecule has 0 heterocycles. The minimum Gasteiger partial charge on any atom is -0.497 e. The lowest BCUT2D eigenvalue weighted by atomic mass is 10.2. The van der Waals surface area contributed by atoms with Crippen LogP contribution in [0.15, 0.2) is 78.9 Å². The first-order valence-corrected chi connectivity index (χ1v) is 8.33. The predicted octanol–water partition coefficient (Wildman–Crippen LogP) is 4.27. The average molecular weight is 362 g/mol. The molecule has 0 unspecified atom stereocenters. The number of rotatable bonds is 6. The zero-order valence-corrected chi connectivity index (χ0v) is 14.8. The molecule has 3 aromatic carbocycles. The van der Waals surface area contributed by atoms with Gasteiger partial charge in [0.2, 0.25) is 0 Å². The van der Waals surface area contributed by atoms with E-state index in [4.69, 9.17) is 14.2 Å². The molecule has 5 nitrogen and oxygen atoms in total. The van der Waals surface area contributed by atoms with Crippen LogP contribution in [0, 0.1) is 0 Å². The van der Waals surface area contributed by atoms with Crippen molar-refractivity contribution in [3.05, 3.63) is 95.6 Å². The Bertz CT molecular complexity index is 917. The molecule has 0 radical (unpaired) electrons.